The van der Waals surface area contributed by atoms with Gasteiger partial charge in [0.1, 0.15) is 5.75 Å². The first-order valence-corrected chi connectivity index (χ1v) is 15.0. The number of phenols is 2. The van der Waals surface area contributed by atoms with Crippen LogP contribution in [0.5, 0.6) is 40.2 Å². The molecule has 0 fully saturated rings. The molecule has 44 heavy (non-hydrogen) atoms. The van der Waals surface area contributed by atoms with Gasteiger partial charge in [0, 0.05) is 18.6 Å². The van der Waals surface area contributed by atoms with Gasteiger partial charge in [0.25, 0.3) is 0 Å². The number of hydrogen-bond acceptors (Lipinski definition) is 8. The van der Waals surface area contributed by atoms with Gasteiger partial charge in [-0.15, -0.1) is 0 Å². The van der Waals surface area contributed by atoms with Crippen LogP contribution in [0.3, 0.4) is 0 Å². The summed E-state index contributed by atoms with van der Waals surface area (Å²) in [4.78, 5) is 2.34. The molecule has 4 aromatic rings. The minimum absolute atomic E-state index is 0.0575. The molecule has 0 amide bonds. The van der Waals surface area contributed by atoms with E-state index in [1.54, 1.807) is 21.3 Å². The van der Waals surface area contributed by atoms with Crippen LogP contribution in [0.1, 0.15) is 45.5 Å². The van der Waals surface area contributed by atoms with E-state index in [0.29, 0.717) is 23.0 Å². The van der Waals surface area contributed by atoms with Crippen LogP contribution in [0.15, 0.2) is 66.7 Å². The van der Waals surface area contributed by atoms with E-state index >= 15 is 0 Å². The number of aromatic hydroxyl groups is 2. The normalized spacial score (nSPS) is 17.8. The first kappa shape index (κ1) is 29.7. The number of likely N-dealkylation sites (N-methyl/N-ethyl adjacent to an activating group) is 1. The first-order valence-electron chi connectivity index (χ1n) is 15.0. The van der Waals surface area contributed by atoms with Crippen molar-refractivity contribution >= 4 is 0 Å². The van der Waals surface area contributed by atoms with Crippen LogP contribution in [-0.4, -0.2) is 56.6 Å². The molecular formula is C36H40N2O6. The lowest BCUT2D eigenvalue weighted by atomic mass is 9.88. The number of methoxy groups -OCH3 is 3. The third kappa shape index (κ3) is 6.00. The average molecular weight is 597 g/mol. The minimum atomic E-state index is 0.0575. The molecule has 0 aliphatic carbocycles. The number of hydrogen-bond donors (Lipinski definition) is 3. The first-order chi connectivity index (χ1) is 21.4. The Morgan fingerprint density at radius 3 is 2.02 bits per heavy atom. The second-order valence-electron chi connectivity index (χ2n) is 11.6. The SMILES string of the molecule is COc1cc2c(cc1O)C(Cc1ccc(OC)c(Oc3ccc(CC4c5cc(O)c(OC)cc5CCN4C)cc3)c1)NCC2. The van der Waals surface area contributed by atoms with E-state index in [4.69, 9.17) is 18.9 Å². The zero-order valence-electron chi connectivity index (χ0n) is 25.7. The Morgan fingerprint density at radius 1 is 0.705 bits per heavy atom. The molecule has 230 valence electrons. The molecule has 2 atom stereocenters. The summed E-state index contributed by atoms with van der Waals surface area (Å²) in [5.41, 5.74) is 6.91. The maximum absolute atomic E-state index is 10.5. The van der Waals surface area contributed by atoms with E-state index in [1.807, 2.05) is 48.5 Å². The molecule has 2 unspecified atom stereocenters. The zero-order valence-corrected chi connectivity index (χ0v) is 25.7. The number of nitrogens with zero attached hydrogens (tertiary/aromatic N) is 1. The van der Waals surface area contributed by atoms with Gasteiger partial charge >= 0.3 is 0 Å². The van der Waals surface area contributed by atoms with E-state index in [2.05, 4.69) is 35.5 Å². The highest BCUT2D eigenvalue weighted by Crippen LogP contribution is 2.40. The molecule has 8 heteroatoms. The molecule has 0 spiro atoms. The second kappa shape index (κ2) is 12.7. The predicted octanol–water partition coefficient (Wildman–Crippen LogP) is 6.12. The van der Waals surface area contributed by atoms with Crippen molar-refractivity contribution in [1.82, 2.24) is 10.2 Å². The fraction of sp³-hybridized carbons (Fsp3) is 0.333. The van der Waals surface area contributed by atoms with Crippen LogP contribution in [0.2, 0.25) is 0 Å². The summed E-state index contributed by atoms with van der Waals surface area (Å²) < 4.78 is 22.6. The fourth-order valence-electron chi connectivity index (χ4n) is 6.48. The lowest BCUT2D eigenvalue weighted by molar-refractivity contribution is 0.228. The largest absolute Gasteiger partial charge is 0.504 e. The van der Waals surface area contributed by atoms with Gasteiger partial charge < -0.3 is 34.5 Å². The monoisotopic (exact) mass is 596 g/mol. The van der Waals surface area contributed by atoms with Gasteiger partial charge in [0.15, 0.2) is 34.5 Å². The maximum atomic E-state index is 10.5. The lowest BCUT2D eigenvalue weighted by Crippen LogP contribution is -2.33. The summed E-state index contributed by atoms with van der Waals surface area (Å²) in [5, 5.41) is 24.5. The molecule has 2 aliphatic heterocycles. The predicted molar refractivity (Wildman–Crippen MR) is 170 cm³/mol. The van der Waals surface area contributed by atoms with E-state index in [0.717, 1.165) is 61.2 Å². The third-order valence-electron chi connectivity index (χ3n) is 8.91. The molecule has 6 rings (SSSR count). The number of benzene rings is 4. The molecule has 8 nitrogen and oxygen atoms in total. The van der Waals surface area contributed by atoms with Crippen molar-refractivity contribution in [2.75, 3.05) is 41.5 Å². The molecule has 0 saturated heterocycles. The molecule has 0 bridgehead atoms. The van der Waals surface area contributed by atoms with Crippen molar-refractivity contribution in [3.63, 3.8) is 0 Å². The average Bonchev–Trinajstić information content (AvgIpc) is 3.03. The molecule has 0 radical (unpaired) electrons. The number of rotatable bonds is 9. The lowest BCUT2D eigenvalue weighted by Gasteiger charge is -2.35. The number of fused-ring (bicyclic) bond motifs is 2. The van der Waals surface area contributed by atoms with Crippen LogP contribution < -0.4 is 24.3 Å². The number of nitrogens with one attached hydrogen (secondary N) is 1. The number of ether oxygens (including phenoxy) is 4. The van der Waals surface area contributed by atoms with Crippen molar-refractivity contribution in [3.8, 4) is 40.2 Å². The summed E-state index contributed by atoms with van der Waals surface area (Å²) in [6.45, 7) is 1.80. The Bertz CT molecular complexity index is 1640. The van der Waals surface area contributed by atoms with E-state index in [9.17, 15) is 10.2 Å². The van der Waals surface area contributed by atoms with Gasteiger partial charge in [0.05, 0.1) is 21.3 Å². The second-order valence-corrected chi connectivity index (χ2v) is 11.6. The Morgan fingerprint density at radius 2 is 1.34 bits per heavy atom. The maximum Gasteiger partial charge on any atom is 0.169 e. The minimum Gasteiger partial charge on any atom is -0.504 e. The summed E-state index contributed by atoms with van der Waals surface area (Å²) in [6.07, 6.45) is 3.35. The van der Waals surface area contributed by atoms with Crippen LogP contribution >= 0.6 is 0 Å². The Hall–Kier alpha value is -4.40. The van der Waals surface area contributed by atoms with Crippen molar-refractivity contribution < 1.29 is 29.2 Å². The van der Waals surface area contributed by atoms with Gasteiger partial charge in [-0.25, -0.2) is 0 Å². The van der Waals surface area contributed by atoms with E-state index in [1.165, 1.54) is 16.7 Å². The van der Waals surface area contributed by atoms with Crippen molar-refractivity contribution in [2.24, 2.45) is 0 Å². The molecule has 0 saturated carbocycles. The summed E-state index contributed by atoms with van der Waals surface area (Å²) in [6, 6.07) is 22.0. The van der Waals surface area contributed by atoms with E-state index < -0.39 is 0 Å². The van der Waals surface area contributed by atoms with Crippen LogP contribution in [0, 0.1) is 0 Å². The molecule has 0 aromatic heterocycles. The van der Waals surface area contributed by atoms with Crippen LogP contribution in [0.25, 0.3) is 0 Å². The molecule has 4 aromatic carbocycles. The smallest absolute Gasteiger partial charge is 0.169 e. The topological polar surface area (TPSA) is 92.7 Å². The summed E-state index contributed by atoms with van der Waals surface area (Å²) in [7, 11) is 6.94. The van der Waals surface area contributed by atoms with E-state index in [-0.39, 0.29) is 23.6 Å². The molecule has 2 aliphatic rings. The van der Waals surface area contributed by atoms with Crippen molar-refractivity contribution in [2.45, 2.75) is 37.8 Å². The van der Waals surface area contributed by atoms with Gasteiger partial charge in [0.2, 0.25) is 0 Å². The third-order valence-corrected chi connectivity index (χ3v) is 8.91. The standard InChI is InChI=1S/C36H40N2O6/c1-38-14-12-25-19-35(43-4)32(40)21-28(25)30(38)16-22-5-8-26(9-6-22)44-36-17-23(7-10-33(36)41-2)15-29-27-20-31(39)34(42-3)18-24(27)11-13-37-29/h5-10,17-21,29-30,37,39-40H,11-16H2,1-4H3. The van der Waals surface area contributed by atoms with Crippen LogP contribution in [-0.2, 0) is 25.7 Å². The van der Waals surface area contributed by atoms with Crippen molar-refractivity contribution in [3.05, 3.63) is 100 Å². The highest BCUT2D eigenvalue weighted by molar-refractivity contribution is 5.51. The zero-order chi connectivity index (χ0) is 30.8. The Labute approximate surface area is 258 Å². The molecular weight excluding hydrogens is 556 g/mol. The molecule has 2 heterocycles. The van der Waals surface area contributed by atoms with Crippen LogP contribution in [0.4, 0.5) is 0 Å². The quantitative estimate of drug-likeness (QED) is 0.213. The van der Waals surface area contributed by atoms with Gasteiger partial charge in [-0.2, -0.15) is 0 Å². The van der Waals surface area contributed by atoms with Gasteiger partial charge in [-0.3, -0.25) is 4.90 Å². The Balaban J connectivity index is 1.18. The highest BCUT2D eigenvalue weighted by Gasteiger charge is 2.27. The Kier molecular flexibility index (Phi) is 8.55. The van der Waals surface area contributed by atoms with Gasteiger partial charge in [-0.1, -0.05) is 18.2 Å². The fourth-order valence-corrected chi connectivity index (χ4v) is 6.48. The molecule has 3 N–H and O–H groups in total. The van der Waals surface area contributed by atoms with Crippen molar-refractivity contribution in [1.29, 1.82) is 0 Å². The number of phenolic OH excluding ortho intramolecular Hbond substituents is 2. The summed E-state index contributed by atoms with van der Waals surface area (Å²) in [5.74, 6) is 3.39. The van der Waals surface area contributed by atoms with Gasteiger partial charge in [-0.05, 0) is 121 Å². The summed E-state index contributed by atoms with van der Waals surface area (Å²) >= 11 is 0. The highest BCUT2D eigenvalue weighted by atomic mass is 16.5.